The van der Waals surface area contributed by atoms with Gasteiger partial charge in [-0.3, -0.25) is 9.89 Å². The summed E-state index contributed by atoms with van der Waals surface area (Å²) >= 11 is 0. The van der Waals surface area contributed by atoms with E-state index in [2.05, 4.69) is 32.0 Å². The molecule has 0 saturated carbocycles. The summed E-state index contributed by atoms with van der Waals surface area (Å²) in [6, 6.07) is 1.65. The molecule has 0 unspecified atom stereocenters. The number of hydrogen-bond acceptors (Lipinski definition) is 4. The van der Waals surface area contributed by atoms with Gasteiger partial charge in [0.1, 0.15) is 11.1 Å². The molecule has 0 amide bonds. The third-order valence-electron chi connectivity index (χ3n) is 1.60. The average Bonchev–Trinajstić information content (AvgIpc) is 2.59. The van der Waals surface area contributed by atoms with Crippen LogP contribution in [0.25, 0.3) is 11.0 Å². The molecule has 2 rings (SSSR count). The van der Waals surface area contributed by atoms with Crippen LogP contribution in [0.4, 0.5) is 0 Å². The smallest absolute Gasteiger partial charge is 0.263 e. The van der Waals surface area contributed by atoms with Crippen LogP contribution in [0.15, 0.2) is 11.1 Å². The third-order valence-corrected chi connectivity index (χ3v) is 1.60. The van der Waals surface area contributed by atoms with Crippen molar-refractivity contribution in [3.05, 3.63) is 22.4 Å². The molecule has 0 aliphatic carbocycles. The summed E-state index contributed by atoms with van der Waals surface area (Å²) in [6.07, 6.45) is 1.26. The Labute approximate surface area is 77.6 Å². The molecule has 2 aromatic rings. The SMILES string of the molecule is N#CC#Cc1[nH]nc2nc[nH]c(=O)c12. The molecule has 2 aromatic heterocycles. The third kappa shape index (κ3) is 1.11. The first kappa shape index (κ1) is 8.02. The summed E-state index contributed by atoms with van der Waals surface area (Å²) in [4.78, 5) is 17.5. The first-order chi connectivity index (χ1) is 6.83. The quantitative estimate of drug-likeness (QED) is 0.541. The van der Waals surface area contributed by atoms with Crippen LogP contribution in [-0.4, -0.2) is 20.2 Å². The van der Waals surface area contributed by atoms with Gasteiger partial charge in [-0.15, -0.1) is 0 Å². The van der Waals surface area contributed by atoms with E-state index in [0.717, 1.165) is 0 Å². The Morgan fingerprint density at radius 3 is 3.14 bits per heavy atom. The monoisotopic (exact) mass is 185 g/mol. The van der Waals surface area contributed by atoms with Crippen molar-refractivity contribution in [1.82, 2.24) is 20.2 Å². The van der Waals surface area contributed by atoms with Crippen molar-refractivity contribution in [1.29, 1.82) is 5.26 Å². The Morgan fingerprint density at radius 1 is 1.50 bits per heavy atom. The molecule has 0 aromatic carbocycles. The molecule has 0 saturated heterocycles. The van der Waals surface area contributed by atoms with Gasteiger partial charge in [-0.05, 0) is 5.92 Å². The molecule has 66 valence electrons. The fourth-order valence-corrected chi connectivity index (χ4v) is 1.05. The van der Waals surface area contributed by atoms with Gasteiger partial charge < -0.3 is 4.98 Å². The molecular formula is C8H3N5O. The lowest BCUT2D eigenvalue weighted by Gasteiger charge is -1.84. The zero-order valence-corrected chi connectivity index (χ0v) is 6.83. The normalized spacial score (nSPS) is 9.07. The Kier molecular flexibility index (Phi) is 1.74. The lowest BCUT2D eigenvalue weighted by molar-refractivity contribution is 1.07. The summed E-state index contributed by atoms with van der Waals surface area (Å²) < 4.78 is 0. The zero-order chi connectivity index (χ0) is 9.97. The molecule has 0 aliphatic heterocycles. The first-order valence-corrected chi connectivity index (χ1v) is 3.65. The number of rotatable bonds is 0. The van der Waals surface area contributed by atoms with Crippen LogP contribution in [0.1, 0.15) is 5.69 Å². The van der Waals surface area contributed by atoms with E-state index < -0.39 is 0 Å². The topological polar surface area (TPSA) is 98.2 Å². The molecule has 2 heterocycles. The van der Waals surface area contributed by atoms with Crippen LogP contribution in [0.5, 0.6) is 0 Å². The van der Waals surface area contributed by atoms with Gasteiger partial charge in [0.15, 0.2) is 11.7 Å². The lowest BCUT2D eigenvalue weighted by Crippen LogP contribution is -2.05. The molecular weight excluding hydrogens is 182 g/mol. The zero-order valence-electron chi connectivity index (χ0n) is 6.83. The van der Waals surface area contributed by atoms with E-state index in [-0.39, 0.29) is 16.6 Å². The Bertz CT molecular complexity index is 633. The maximum atomic E-state index is 11.3. The molecule has 0 aliphatic rings. The van der Waals surface area contributed by atoms with Crippen molar-refractivity contribution < 1.29 is 0 Å². The lowest BCUT2D eigenvalue weighted by atomic mass is 10.3. The van der Waals surface area contributed by atoms with Crippen LogP contribution < -0.4 is 5.56 Å². The molecule has 0 bridgehead atoms. The van der Waals surface area contributed by atoms with Crippen LogP contribution in [0, 0.1) is 23.2 Å². The van der Waals surface area contributed by atoms with Crippen molar-refractivity contribution in [3.63, 3.8) is 0 Å². The van der Waals surface area contributed by atoms with E-state index in [1.165, 1.54) is 6.33 Å². The van der Waals surface area contributed by atoms with Gasteiger partial charge in [-0.1, -0.05) is 0 Å². The molecule has 0 atom stereocenters. The van der Waals surface area contributed by atoms with E-state index in [1.807, 2.05) is 0 Å². The Balaban J connectivity index is 2.81. The molecule has 0 spiro atoms. The molecule has 0 fully saturated rings. The molecule has 2 N–H and O–H groups in total. The van der Waals surface area contributed by atoms with E-state index >= 15 is 0 Å². The minimum atomic E-state index is -0.328. The number of fused-ring (bicyclic) bond motifs is 1. The van der Waals surface area contributed by atoms with Crippen molar-refractivity contribution in [2.24, 2.45) is 0 Å². The first-order valence-electron chi connectivity index (χ1n) is 3.65. The summed E-state index contributed by atoms with van der Waals surface area (Å²) in [7, 11) is 0. The summed E-state index contributed by atoms with van der Waals surface area (Å²) in [5.41, 5.74) is 0.262. The van der Waals surface area contributed by atoms with Crippen LogP contribution in [-0.2, 0) is 0 Å². The number of aromatic nitrogens is 4. The van der Waals surface area contributed by atoms with Crippen molar-refractivity contribution in [3.8, 4) is 17.9 Å². The second-order valence-electron chi connectivity index (χ2n) is 2.39. The number of aromatic amines is 2. The van der Waals surface area contributed by atoms with E-state index in [0.29, 0.717) is 5.69 Å². The summed E-state index contributed by atoms with van der Waals surface area (Å²) in [5.74, 6) is 4.64. The molecule has 0 radical (unpaired) electrons. The molecule has 14 heavy (non-hydrogen) atoms. The second-order valence-corrected chi connectivity index (χ2v) is 2.39. The standard InChI is InChI=1S/C8H3N5O/c9-3-1-2-5-6-7(13-12-5)10-4-11-8(6)14/h4H,(H2,10,11,12,13,14). The number of hydrogen-bond donors (Lipinski definition) is 2. The highest BCUT2D eigenvalue weighted by Gasteiger charge is 2.07. The van der Waals surface area contributed by atoms with Gasteiger partial charge in [0.05, 0.1) is 6.33 Å². The Morgan fingerprint density at radius 2 is 2.36 bits per heavy atom. The predicted octanol–water partition coefficient (Wildman–Crippen LogP) is -0.479. The number of nitrogens with zero attached hydrogens (tertiary/aromatic N) is 3. The summed E-state index contributed by atoms with van der Waals surface area (Å²) in [5, 5.41) is 14.8. The van der Waals surface area contributed by atoms with Gasteiger partial charge in [-0.2, -0.15) is 10.4 Å². The highest BCUT2D eigenvalue weighted by Crippen LogP contribution is 2.05. The number of nitrogens with one attached hydrogen (secondary N) is 2. The van der Waals surface area contributed by atoms with E-state index in [9.17, 15) is 4.79 Å². The second kappa shape index (κ2) is 3.04. The van der Waals surface area contributed by atoms with E-state index in [1.54, 1.807) is 6.07 Å². The van der Waals surface area contributed by atoms with Crippen LogP contribution in [0.2, 0.25) is 0 Å². The maximum absolute atomic E-state index is 11.3. The largest absolute Gasteiger partial charge is 0.312 e. The van der Waals surface area contributed by atoms with Gasteiger partial charge in [0.25, 0.3) is 5.56 Å². The van der Waals surface area contributed by atoms with Gasteiger partial charge in [0.2, 0.25) is 0 Å². The van der Waals surface area contributed by atoms with Crippen molar-refractivity contribution >= 4 is 11.0 Å². The van der Waals surface area contributed by atoms with Crippen LogP contribution >= 0.6 is 0 Å². The fraction of sp³-hybridized carbons (Fsp3) is 0. The average molecular weight is 185 g/mol. The molecule has 6 heteroatoms. The van der Waals surface area contributed by atoms with Crippen molar-refractivity contribution in [2.75, 3.05) is 0 Å². The van der Waals surface area contributed by atoms with E-state index in [4.69, 9.17) is 5.26 Å². The minimum Gasteiger partial charge on any atom is -0.312 e. The predicted molar refractivity (Wildman–Crippen MR) is 47.0 cm³/mol. The summed E-state index contributed by atoms with van der Waals surface area (Å²) in [6.45, 7) is 0. The maximum Gasteiger partial charge on any atom is 0.263 e. The Hall–Kier alpha value is -2.60. The highest BCUT2D eigenvalue weighted by atomic mass is 16.1. The minimum absolute atomic E-state index is 0.273. The van der Waals surface area contributed by atoms with Crippen molar-refractivity contribution in [2.45, 2.75) is 0 Å². The van der Waals surface area contributed by atoms with Gasteiger partial charge in [0, 0.05) is 5.92 Å². The molecule has 6 nitrogen and oxygen atoms in total. The van der Waals surface area contributed by atoms with Gasteiger partial charge >= 0.3 is 0 Å². The number of H-pyrrole nitrogens is 2. The number of nitriles is 1. The van der Waals surface area contributed by atoms with Crippen LogP contribution in [0.3, 0.4) is 0 Å². The van der Waals surface area contributed by atoms with Gasteiger partial charge in [-0.25, -0.2) is 4.98 Å². The highest BCUT2D eigenvalue weighted by molar-refractivity contribution is 5.79. The fourth-order valence-electron chi connectivity index (χ4n) is 1.05.